The number of aromatic nitrogens is 3. The molecule has 0 saturated carbocycles. The number of nitrogens with zero attached hydrogens (tertiary/aromatic N) is 3. The normalized spacial score (nSPS) is 15.6. The van der Waals surface area contributed by atoms with E-state index >= 15 is 0 Å². The summed E-state index contributed by atoms with van der Waals surface area (Å²) in [6.45, 7) is 1.92. The van der Waals surface area contributed by atoms with Gasteiger partial charge in [-0.05, 0) is 6.92 Å². The van der Waals surface area contributed by atoms with Gasteiger partial charge in [0.25, 0.3) is 0 Å². The molecule has 0 aliphatic heterocycles. The number of hydrogen-bond donors (Lipinski definition) is 2. The van der Waals surface area contributed by atoms with Crippen molar-refractivity contribution in [3.63, 3.8) is 0 Å². The van der Waals surface area contributed by atoms with E-state index in [1.54, 1.807) is 6.92 Å². The summed E-state index contributed by atoms with van der Waals surface area (Å²) in [5, 5.41) is 12.3. The molecule has 1 unspecified atom stereocenters. The summed E-state index contributed by atoms with van der Waals surface area (Å²) in [5.74, 6) is -2.26. The third kappa shape index (κ3) is 2.38. The Labute approximate surface area is 94.2 Å². The van der Waals surface area contributed by atoms with Gasteiger partial charge in [0, 0.05) is 13.0 Å². The lowest BCUT2D eigenvalue weighted by Crippen LogP contribution is -2.61. The molecule has 96 valence electrons. The molecule has 0 aliphatic carbocycles. The van der Waals surface area contributed by atoms with Gasteiger partial charge in [0.2, 0.25) is 5.54 Å². The third-order valence-electron chi connectivity index (χ3n) is 2.32. The molecule has 1 heterocycles. The van der Waals surface area contributed by atoms with Crippen LogP contribution in [0.15, 0.2) is 6.33 Å². The number of carboxylic acids is 1. The maximum atomic E-state index is 12.6. The fourth-order valence-electron chi connectivity index (χ4n) is 1.24. The highest BCUT2D eigenvalue weighted by Crippen LogP contribution is 2.31. The minimum Gasteiger partial charge on any atom is -0.480 e. The number of aryl methyl sites for hydroxylation is 1. The SMILES string of the molecule is CCn1ncnc1CC(N)(C(=O)O)C(F)(F)F. The van der Waals surface area contributed by atoms with Crippen molar-refractivity contribution in [3.05, 3.63) is 12.2 Å². The molecule has 3 N–H and O–H groups in total. The smallest absolute Gasteiger partial charge is 0.417 e. The van der Waals surface area contributed by atoms with Crippen LogP contribution in [0.4, 0.5) is 13.2 Å². The lowest BCUT2D eigenvalue weighted by molar-refractivity contribution is -0.202. The van der Waals surface area contributed by atoms with Crippen LogP contribution in [0.3, 0.4) is 0 Å². The topological polar surface area (TPSA) is 94.0 Å². The van der Waals surface area contributed by atoms with Gasteiger partial charge in [-0.2, -0.15) is 18.3 Å². The summed E-state index contributed by atoms with van der Waals surface area (Å²) in [6.07, 6.45) is -4.97. The minimum absolute atomic E-state index is 0.116. The molecule has 0 bridgehead atoms. The highest BCUT2D eigenvalue weighted by Gasteiger charge is 2.58. The number of carbonyl (C=O) groups is 1. The van der Waals surface area contributed by atoms with Gasteiger partial charge in [0.1, 0.15) is 12.2 Å². The molecule has 0 saturated heterocycles. The van der Waals surface area contributed by atoms with E-state index in [1.165, 1.54) is 0 Å². The van der Waals surface area contributed by atoms with Crippen molar-refractivity contribution in [2.75, 3.05) is 0 Å². The zero-order valence-corrected chi connectivity index (χ0v) is 8.90. The fourth-order valence-corrected chi connectivity index (χ4v) is 1.24. The van der Waals surface area contributed by atoms with E-state index in [2.05, 4.69) is 10.1 Å². The van der Waals surface area contributed by atoms with Gasteiger partial charge in [0.15, 0.2) is 0 Å². The Balaban J connectivity index is 3.08. The first-order valence-corrected chi connectivity index (χ1v) is 4.68. The Hall–Kier alpha value is -1.64. The van der Waals surface area contributed by atoms with Crippen LogP contribution in [0.2, 0.25) is 0 Å². The maximum absolute atomic E-state index is 12.6. The molecule has 1 atom stereocenters. The standard InChI is InChI=1S/C8H11F3N4O2/c1-2-15-5(13-4-14-15)3-7(12,6(16)17)8(9,10)11/h4H,2-3,12H2,1H3,(H,16,17). The Kier molecular flexibility index (Phi) is 3.41. The molecule has 0 amide bonds. The van der Waals surface area contributed by atoms with Crippen molar-refractivity contribution >= 4 is 5.97 Å². The van der Waals surface area contributed by atoms with E-state index < -0.39 is 24.1 Å². The highest BCUT2D eigenvalue weighted by molar-refractivity contribution is 5.80. The van der Waals surface area contributed by atoms with Gasteiger partial charge in [0.05, 0.1) is 0 Å². The Morgan fingerprint density at radius 2 is 2.18 bits per heavy atom. The molecule has 1 aromatic heterocycles. The summed E-state index contributed by atoms with van der Waals surface area (Å²) in [4.78, 5) is 14.3. The van der Waals surface area contributed by atoms with Crippen molar-refractivity contribution < 1.29 is 23.1 Å². The average Bonchev–Trinajstić information content (AvgIpc) is 2.62. The largest absolute Gasteiger partial charge is 0.480 e. The van der Waals surface area contributed by atoms with Crippen LogP contribution < -0.4 is 5.73 Å². The van der Waals surface area contributed by atoms with Crippen molar-refractivity contribution in [2.45, 2.75) is 31.6 Å². The van der Waals surface area contributed by atoms with E-state index in [-0.39, 0.29) is 12.4 Å². The minimum atomic E-state index is -5.07. The molecule has 0 aliphatic rings. The van der Waals surface area contributed by atoms with Gasteiger partial charge in [-0.25, -0.2) is 9.78 Å². The van der Waals surface area contributed by atoms with Crippen LogP contribution in [0.5, 0.6) is 0 Å². The molecule has 0 radical (unpaired) electrons. The van der Waals surface area contributed by atoms with Gasteiger partial charge < -0.3 is 10.8 Å². The first kappa shape index (κ1) is 13.4. The highest BCUT2D eigenvalue weighted by atomic mass is 19.4. The van der Waals surface area contributed by atoms with Gasteiger partial charge in [-0.15, -0.1) is 0 Å². The number of rotatable bonds is 4. The predicted molar refractivity (Wildman–Crippen MR) is 50.0 cm³/mol. The molecule has 0 aromatic carbocycles. The molecule has 6 nitrogen and oxygen atoms in total. The van der Waals surface area contributed by atoms with Crippen molar-refractivity contribution in [3.8, 4) is 0 Å². The van der Waals surface area contributed by atoms with E-state index in [1.807, 2.05) is 0 Å². The number of aliphatic carboxylic acids is 1. The van der Waals surface area contributed by atoms with Crippen LogP contribution in [-0.2, 0) is 17.8 Å². The molecule has 9 heteroatoms. The van der Waals surface area contributed by atoms with Crippen LogP contribution in [0.1, 0.15) is 12.7 Å². The second-order valence-electron chi connectivity index (χ2n) is 3.44. The first-order chi connectivity index (χ1) is 7.72. The van der Waals surface area contributed by atoms with Crippen LogP contribution in [-0.4, -0.2) is 37.6 Å². The van der Waals surface area contributed by atoms with Crippen molar-refractivity contribution in [2.24, 2.45) is 5.73 Å². The summed E-state index contributed by atoms with van der Waals surface area (Å²) in [5.41, 5.74) is 1.57. The average molecular weight is 252 g/mol. The second-order valence-corrected chi connectivity index (χ2v) is 3.44. The van der Waals surface area contributed by atoms with E-state index in [0.717, 1.165) is 11.0 Å². The molecule has 0 spiro atoms. The number of nitrogens with two attached hydrogens (primary N) is 1. The second kappa shape index (κ2) is 4.32. The number of alkyl halides is 3. The Morgan fingerprint density at radius 3 is 2.59 bits per heavy atom. The Bertz CT molecular complexity index is 417. The van der Waals surface area contributed by atoms with Gasteiger partial charge in [-0.1, -0.05) is 0 Å². The zero-order valence-electron chi connectivity index (χ0n) is 8.90. The lowest BCUT2D eigenvalue weighted by Gasteiger charge is -2.26. The van der Waals surface area contributed by atoms with Crippen LogP contribution >= 0.6 is 0 Å². The predicted octanol–water partition coefficient (Wildman–Crippen LogP) is 0.185. The summed E-state index contributed by atoms with van der Waals surface area (Å²) >= 11 is 0. The van der Waals surface area contributed by atoms with Gasteiger partial charge in [-0.3, -0.25) is 4.68 Å². The summed E-state index contributed by atoms with van der Waals surface area (Å²) in [6, 6.07) is 0. The molecular weight excluding hydrogens is 241 g/mol. The van der Waals surface area contributed by atoms with Crippen molar-refractivity contribution in [1.82, 2.24) is 14.8 Å². The quantitative estimate of drug-likeness (QED) is 0.797. The molecule has 1 aromatic rings. The van der Waals surface area contributed by atoms with Crippen molar-refractivity contribution in [1.29, 1.82) is 0 Å². The van der Waals surface area contributed by atoms with Crippen LogP contribution in [0, 0.1) is 0 Å². The lowest BCUT2D eigenvalue weighted by atomic mass is 9.95. The summed E-state index contributed by atoms with van der Waals surface area (Å²) < 4.78 is 39.0. The Morgan fingerprint density at radius 1 is 1.59 bits per heavy atom. The van der Waals surface area contributed by atoms with E-state index in [4.69, 9.17) is 10.8 Å². The van der Waals surface area contributed by atoms with E-state index in [0.29, 0.717) is 0 Å². The molecule has 0 fully saturated rings. The molecule has 17 heavy (non-hydrogen) atoms. The van der Waals surface area contributed by atoms with Crippen LogP contribution in [0.25, 0.3) is 0 Å². The molecular formula is C8H11F3N4O2. The third-order valence-corrected chi connectivity index (χ3v) is 2.32. The molecule has 1 rings (SSSR count). The zero-order chi connectivity index (χ0) is 13.3. The monoisotopic (exact) mass is 252 g/mol. The first-order valence-electron chi connectivity index (χ1n) is 4.68. The summed E-state index contributed by atoms with van der Waals surface area (Å²) in [7, 11) is 0. The van der Waals surface area contributed by atoms with E-state index in [9.17, 15) is 18.0 Å². The number of hydrogen-bond acceptors (Lipinski definition) is 4. The van der Waals surface area contributed by atoms with Gasteiger partial charge >= 0.3 is 12.1 Å². The fraction of sp³-hybridized carbons (Fsp3) is 0.625. The number of carboxylic acid groups (broad SMARTS) is 1. The number of halogens is 3. The maximum Gasteiger partial charge on any atom is 0.417 e.